The van der Waals surface area contributed by atoms with Gasteiger partial charge in [-0.2, -0.15) is 11.8 Å². The van der Waals surface area contributed by atoms with Gasteiger partial charge >= 0.3 is 0 Å². The van der Waals surface area contributed by atoms with Crippen LogP contribution in [0.25, 0.3) is 0 Å². The summed E-state index contributed by atoms with van der Waals surface area (Å²) in [6, 6.07) is 0. The molecule has 0 spiro atoms. The molecule has 2 nitrogen and oxygen atoms in total. The van der Waals surface area contributed by atoms with Crippen molar-refractivity contribution in [2.24, 2.45) is 5.92 Å². The molecule has 96 valence electrons. The Kier molecular flexibility index (Phi) is 8.34. The Morgan fingerprint density at radius 1 is 1.25 bits per heavy atom. The van der Waals surface area contributed by atoms with Gasteiger partial charge in [0.25, 0.3) is 0 Å². The molecule has 1 saturated carbocycles. The molecule has 0 heterocycles. The first-order chi connectivity index (χ1) is 7.83. The Labute approximate surface area is 104 Å². The molecule has 16 heavy (non-hydrogen) atoms. The molecule has 0 aromatic heterocycles. The predicted octanol–water partition coefficient (Wildman–Crippen LogP) is 3.09. The molecule has 1 N–H and O–H groups in total. The SMILES string of the molecule is CC(CO)CSCCOC1CCCCCC1. The summed E-state index contributed by atoms with van der Waals surface area (Å²) in [6.07, 6.45) is 8.53. The minimum atomic E-state index is 0.302. The summed E-state index contributed by atoms with van der Waals surface area (Å²) >= 11 is 1.89. The van der Waals surface area contributed by atoms with Crippen LogP contribution in [0.5, 0.6) is 0 Å². The second-order valence-corrected chi connectivity index (χ2v) is 6.00. The standard InChI is InChI=1S/C13H26O2S/c1-12(10-14)11-16-9-8-15-13-6-4-2-3-5-7-13/h12-14H,2-11H2,1H3. The molecule has 1 rings (SSSR count). The molecule has 0 radical (unpaired) electrons. The van der Waals surface area contributed by atoms with Crippen LogP contribution in [0.3, 0.4) is 0 Å². The van der Waals surface area contributed by atoms with Crippen LogP contribution in [0.15, 0.2) is 0 Å². The molecular formula is C13H26O2S. The fourth-order valence-corrected chi connectivity index (χ4v) is 2.91. The molecule has 1 atom stereocenters. The monoisotopic (exact) mass is 246 g/mol. The van der Waals surface area contributed by atoms with Crippen molar-refractivity contribution in [1.29, 1.82) is 0 Å². The summed E-state index contributed by atoms with van der Waals surface area (Å²) < 4.78 is 5.90. The van der Waals surface area contributed by atoms with Crippen molar-refractivity contribution in [2.75, 3.05) is 24.7 Å². The quantitative estimate of drug-likeness (QED) is 0.553. The van der Waals surface area contributed by atoms with Crippen LogP contribution in [0.4, 0.5) is 0 Å². The zero-order chi connectivity index (χ0) is 11.6. The van der Waals surface area contributed by atoms with Gasteiger partial charge in [-0.15, -0.1) is 0 Å². The molecule has 0 amide bonds. The molecule has 1 aliphatic carbocycles. The minimum Gasteiger partial charge on any atom is -0.396 e. The maximum Gasteiger partial charge on any atom is 0.0575 e. The van der Waals surface area contributed by atoms with Crippen LogP contribution in [0.2, 0.25) is 0 Å². The van der Waals surface area contributed by atoms with E-state index >= 15 is 0 Å². The topological polar surface area (TPSA) is 29.5 Å². The fraction of sp³-hybridized carbons (Fsp3) is 1.00. The van der Waals surface area contributed by atoms with Crippen LogP contribution in [-0.2, 0) is 4.74 Å². The molecule has 1 fully saturated rings. The van der Waals surface area contributed by atoms with E-state index in [2.05, 4.69) is 6.92 Å². The van der Waals surface area contributed by atoms with Gasteiger partial charge in [-0.25, -0.2) is 0 Å². The number of rotatable bonds is 7. The van der Waals surface area contributed by atoms with Crippen LogP contribution < -0.4 is 0 Å². The third kappa shape index (κ3) is 6.77. The van der Waals surface area contributed by atoms with Crippen molar-refractivity contribution < 1.29 is 9.84 Å². The summed E-state index contributed by atoms with van der Waals surface area (Å²) in [5.74, 6) is 2.54. The predicted molar refractivity (Wildman–Crippen MR) is 71.0 cm³/mol. The van der Waals surface area contributed by atoms with Gasteiger partial charge in [0.1, 0.15) is 0 Å². The maximum absolute atomic E-state index is 8.88. The van der Waals surface area contributed by atoms with Crippen molar-refractivity contribution in [3.05, 3.63) is 0 Å². The zero-order valence-corrected chi connectivity index (χ0v) is 11.3. The van der Waals surface area contributed by atoms with Gasteiger partial charge in [-0.1, -0.05) is 32.6 Å². The molecule has 3 heteroatoms. The Balaban J connectivity index is 1.93. The highest BCUT2D eigenvalue weighted by atomic mass is 32.2. The van der Waals surface area contributed by atoms with Crippen LogP contribution in [-0.4, -0.2) is 35.9 Å². The lowest BCUT2D eigenvalue weighted by atomic mass is 10.1. The average Bonchev–Trinajstić information content (AvgIpc) is 2.57. The summed E-state index contributed by atoms with van der Waals surface area (Å²) in [4.78, 5) is 0. The lowest BCUT2D eigenvalue weighted by Crippen LogP contribution is -2.14. The number of aliphatic hydroxyl groups is 1. The molecule has 0 aromatic carbocycles. The zero-order valence-electron chi connectivity index (χ0n) is 10.5. The Morgan fingerprint density at radius 2 is 1.94 bits per heavy atom. The van der Waals surface area contributed by atoms with Crippen molar-refractivity contribution in [2.45, 2.75) is 51.6 Å². The van der Waals surface area contributed by atoms with Gasteiger partial charge in [-0.05, 0) is 24.5 Å². The van der Waals surface area contributed by atoms with E-state index in [-0.39, 0.29) is 0 Å². The first-order valence-electron chi connectivity index (χ1n) is 6.63. The van der Waals surface area contributed by atoms with E-state index in [1.165, 1.54) is 38.5 Å². The number of aliphatic hydroxyl groups excluding tert-OH is 1. The van der Waals surface area contributed by atoms with Gasteiger partial charge in [0.05, 0.1) is 12.7 Å². The number of thioether (sulfide) groups is 1. The second kappa shape index (κ2) is 9.32. The van der Waals surface area contributed by atoms with Crippen molar-refractivity contribution >= 4 is 11.8 Å². The van der Waals surface area contributed by atoms with Gasteiger partial charge in [-0.3, -0.25) is 0 Å². The largest absolute Gasteiger partial charge is 0.396 e. The second-order valence-electron chi connectivity index (χ2n) is 4.85. The summed E-state index contributed by atoms with van der Waals surface area (Å²) in [5, 5.41) is 8.88. The third-order valence-corrected chi connectivity index (χ3v) is 4.36. The normalized spacial score (nSPS) is 20.6. The Morgan fingerprint density at radius 3 is 2.56 bits per heavy atom. The van der Waals surface area contributed by atoms with Crippen molar-refractivity contribution in [3.8, 4) is 0 Å². The van der Waals surface area contributed by atoms with E-state index in [1.54, 1.807) is 0 Å². The smallest absolute Gasteiger partial charge is 0.0575 e. The summed E-state index contributed by atoms with van der Waals surface area (Å²) in [5.41, 5.74) is 0. The highest BCUT2D eigenvalue weighted by molar-refractivity contribution is 7.99. The molecular weight excluding hydrogens is 220 g/mol. The lowest BCUT2D eigenvalue weighted by Gasteiger charge is -2.15. The van der Waals surface area contributed by atoms with Crippen LogP contribution in [0.1, 0.15) is 45.4 Å². The highest BCUT2D eigenvalue weighted by Crippen LogP contribution is 2.20. The van der Waals surface area contributed by atoms with Crippen LogP contribution in [0, 0.1) is 5.92 Å². The molecule has 0 saturated heterocycles. The van der Waals surface area contributed by atoms with Gasteiger partial charge in [0, 0.05) is 12.4 Å². The van der Waals surface area contributed by atoms with E-state index in [0.717, 1.165) is 18.1 Å². The minimum absolute atomic E-state index is 0.302. The summed E-state index contributed by atoms with van der Waals surface area (Å²) in [6.45, 7) is 3.27. The molecule has 1 unspecified atom stereocenters. The number of ether oxygens (including phenoxy) is 1. The molecule has 0 aromatic rings. The molecule has 0 aliphatic heterocycles. The third-order valence-electron chi connectivity index (χ3n) is 3.10. The van der Waals surface area contributed by atoms with Gasteiger partial charge < -0.3 is 9.84 Å². The van der Waals surface area contributed by atoms with E-state index in [9.17, 15) is 0 Å². The lowest BCUT2D eigenvalue weighted by molar-refractivity contribution is 0.0542. The summed E-state index contributed by atoms with van der Waals surface area (Å²) in [7, 11) is 0. The van der Waals surface area contributed by atoms with E-state index in [0.29, 0.717) is 18.6 Å². The van der Waals surface area contributed by atoms with Crippen LogP contribution >= 0.6 is 11.8 Å². The number of hydrogen-bond acceptors (Lipinski definition) is 3. The van der Waals surface area contributed by atoms with Gasteiger partial charge in [0.15, 0.2) is 0 Å². The van der Waals surface area contributed by atoms with E-state index < -0.39 is 0 Å². The van der Waals surface area contributed by atoms with Gasteiger partial charge in [0.2, 0.25) is 0 Å². The van der Waals surface area contributed by atoms with Crippen molar-refractivity contribution in [1.82, 2.24) is 0 Å². The maximum atomic E-state index is 8.88. The Bertz CT molecular complexity index is 156. The van der Waals surface area contributed by atoms with Crippen molar-refractivity contribution in [3.63, 3.8) is 0 Å². The first-order valence-corrected chi connectivity index (χ1v) is 7.78. The molecule has 1 aliphatic rings. The number of hydrogen-bond donors (Lipinski definition) is 1. The van der Waals surface area contributed by atoms with E-state index in [4.69, 9.17) is 9.84 Å². The highest BCUT2D eigenvalue weighted by Gasteiger charge is 2.11. The fourth-order valence-electron chi connectivity index (χ4n) is 2.02. The molecule has 0 bridgehead atoms. The Hall–Kier alpha value is 0.270. The van der Waals surface area contributed by atoms with E-state index in [1.807, 2.05) is 11.8 Å². The average molecular weight is 246 g/mol. The first kappa shape index (κ1) is 14.3.